The Hall–Kier alpha value is -1.72. The van der Waals surface area contributed by atoms with E-state index in [1.807, 2.05) is 0 Å². The number of halogens is 1. The Labute approximate surface area is 117 Å². The monoisotopic (exact) mass is 294 g/mol. The van der Waals surface area contributed by atoms with E-state index in [1.165, 1.54) is 36.4 Å². The lowest BCUT2D eigenvalue weighted by molar-refractivity contribution is 0.219. The van der Waals surface area contributed by atoms with E-state index >= 15 is 0 Å². The van der Waals surface area contributed by atoms with Crippen LogP contribution in [0.4, 0.5) is 4.39 Å². The van der Waals surface area contributed by atoms with Crippen molar-refractivity contribution in [3.05, 3.63) is 65.0 Å². The zero-order valence-electron chi connectivity index (χ0n) is 11.2. The Balaban J connectivity index is 2.36. The Kier molecular flexibility index (Phi) is 3.92. The Morgan fingerprint density at radius 3 is 2.15 bits per heavy atom. The summed E-state index contributed by atoms with van der Waals surface area (Å²) in [5.74, 6) is -0.410. The Bertz CT molecular complexity index is 701. The van der Waals surface area contributed by atoms with Gasteiger partial charge in [-0.1, -0.05) is 18.2 Å². The molecule has 0 saturated heterocycles. The summed E-state index contributed by atoms with van der Waals surface area (Å²) in [5, 5.41) is 10.2. The molecular formula is C15H15FO3S. The van der Waals surface area contributed by atoms with Crippen molar-refractivity contribution >= 4 is 9.84 Å². The maximum Gasteiger partial charge on any atom is 0.175 e. The quantitative estimate of drug-likeness (QED) is 0.946. The minimum Gasteiger partial charge on any atom is -0.384 e. The first-order valence-corrected chi connectivity index (χ1v) is 7.92. The summed E-state index contributed by atoms with van der Waals surface area (Å²) in [6.07, 6.45) is 0.131. The Morgan fingerprint density at radius 2 is 1.65 bits per heavy atom. The zero-order chi connectivity index (χ0) is 14.9. The second kappa shape index (κ2) is 5.34. The molecule has 0 fully saturated rings. The number of rotatable bonds is 3. The van der Waals surface area contributed by atoms with Crippen molar-refractivity contribution in [3.8, 4) is 0 Å². The molecule has 1 unspecified atom stereocenters. The van der Waals surface area contributed by atoms with Gasteiger partial charge in [0.25, 0.3) is 0 Å². The number of aliphatic hydroxyl groups is 1. The normalized spacial score (nSPS) is 13.2. The van der Waals surface area contributed by atoms with Crippen LogP contribution in [0.3, 0.4) is 0 Å². The summed E-state index contributed by atoms with van der Waals surface area (Å²) >= 11 is 0. The van der Waals surface area contributed by atoms with Crippen molar-refractivity contribution < 1.29 is 17.9 Å². The van der Waals surface area contributed by atoms with Crippen LogP contribution in [0.2, 0.25) is 0 Å². The summed E-state index contributed by atoms with van der Waals surface area (Å²) in [7, 11) is -3.26. The summed E-state index contributed by atoms with van der Waals surface area (Å²) < 4.78 is 36.1. The number of aryl methyl sites for hydroxylation is 1. The summed E-state index contributed by atoms with van der Waals surface area (Å²) in [6, 6.07) is 10.3. The zero-order valence-corrected chi connectivity index (χ0v) is 12.0. The molecule has 2 aromatic rings. The molecule has 106 valence electrons. The fraction of sp³-hybridized carbons (Fsp3) is 0.200. The molecule has 0 bridgehead atoms. The van der Waals surface area contributed by atoms with Crippen LogP contribution in [0.15, 0.2) is 47.4 Å². The van der Waals surface area contributed by atoms with Crippen LogP contribution in [-0.4, -0.2) is 19.8 Å². The number of sulfone groups is 1. The molecule has 1 atom stereocenters. The second-order valence-corrected chi connectivity index (χ2v) is 6.82. The van der Waals surface area contributed by atoms with E-state index in [9.17, 15) is 17.9 Å². The van der Waals surface area contributed by atoms with Gasteiger partial charge in [-0.05, 0) is 47.9 Å². The van der Waals surface area contributed by atoms with Gasteiger partial charge in [0, 0.05) is 6.26 Å². The van der Waals surface area contributed by atoms with Crippen LogP contribution in [0.1, 0.15) is 22.8 Å². The minimum absolute atomic E-state index is 0.184. The lowest BCUT2D eigenvalue weighted by Crippen LogP contribution is -2.02. The lowest BCUT2D eigenvalue weighted by atomic mass is 10.00. The van der Waals surface area contributed by atoms with Crippen molar-refractivity contribution in [2.45, 2.75) is 17.9 Å². The smallest absolute Gasteiger partial charge is 0.175 e. The highest BCUT2D eigenvalue weighted by molar-refractivity contribution is 7.90. The average molecular weight is 294 g/mol. The summed E-state index contributed by atoms with van der Waals surface area (Å²) in [4.78, 5) is 0.184. The molecule has 2 rings (SSSR count). The first-order valence-electron chi connectivity index (χ1n) is 6.02. The molecule has 3 nitrogen and oxygen atoms in total. The molecule has 0 aromatic heterocycles. The van der Waals surface area contributed by atoms with Crippen molar-refractivity contribution in [2.75, 3.05) is 6.26 Å². The van der Waals surface area contributed by atoms with Gasteiger partial charge < -0.3 is 5.11 Å². The first-order chi connectivity index (χ1) is 9.27. The van der Waals surface area contributed by atoms with E-state index in [1.54, 1.807) is 13.0 Å². The molecule has 5 heteroatoms. The van der Waals surface area contributed by atoms with Gasteiger partial charge in [0.15, 0.2) is 9.84 Å². The second-order valence-electron chi connectivity index (χ2n) is 4.81. The van der Waals surface area contributed by atoms with E-state index < -0.39 is 21.8 Å². The predicted octanol–water partition coefficient (Wildman–Crippen LogP) is 2.62. The Morgan fingerprint density at radius 1 is 1.05 bits per heavy atom. The summed E-state index contributed by atoms with van der Waals surface area (Å²) in [5.41, 5.74) is 1.67. The van der Waals surface area contributed by atoms with Crippen LogP contribution in [0, 0.1) is 12.7 Å². The molecule has 2 aromatic carbocycles. The molecular weight excluding hydrogens is 279 g/mol. The fourth-order valence-electron chi connectivity index (χ4n) is 2.01. The molecule has 1 N–H and O–H groups in total. The van der Waals surface area contributed by atoms with Gasteiger partial charge in [0.2, 0.25) is 0 Å². The van der Waals surface area contributed by atoms with Crippen LogP contribution < -0.4 is 0 Å². The third kappa shape index (κ3) is 3.23. The first kappa shape index (κ1) is 14.7. The topological polar surface area (TPSA) is 54.4 Å². The highest BCUT2D eigenvalue weighted by Gasteiger charge is 2.13. The average Bonchev–Trinajstić information content (AvgIpc) is 2.36. The summed E-state index contributed by atoms with van der Waals surface area (Å²) in [6.45, 7) is 1.74. The standard InChI is InChI=1S/C15H15FO3S/c1-10-7-12(9-13(16)8-10)15(17)11-3-5-14(6-4-11)20(2,18)19/h3-9,15,17H,1-2H3. The van der Waals surface area contributed by atoms with Crippen LogP contribution in [0.5, 0.6) is 0 Å². The number of aliphatic hydroxyl groups excluding tert-OH is 1. The van der Waals surface area contributed by atoms with E-state index in [2.05, 4.69) is 0 Å². The van der Waals surface area contributed by atoms with E-state index in [0.717, 1.165) is 6.26 Å². The lowest BCUT2D eigenvalue weighted by Gasteiger charge is -2.13. The maximum atomic E-state index is 13.3. The van der Waals surface area contributed by atoms with Crippen molar-refractivity contribution in [3.63, 3.8) is 0 Å². The van der Waals surface area contributed by atoms with Crippen molar-refractivity contribution in [1.29, 1.82) is 0 Å². The minimum atomic E-state index is -3.26. The van der Waals surface area contributed by atoms with Gasteiger partial charge in [-0.2, -0.15) is 0 Å². The molecule has 20 heavy (non-hydrogen) atoms. The van der Waals surface area contributed by atoms with Crippen LogP contribution in [0.25, 0.3) is 0 Å². The van der Waals surface area contributed by atoms with Crippen molar-refractivity contribution in [2.24, 2.45) is 0 Å². The largest absolute Gasteiger partial charge is 0.384 e. The van der Waals surface area contributed by atoms with Crippen LogP contribution in [-0.2, 0) is 9.84 Å². The van der Waals surface area contributed by atoms with Crippen molar-refractivity contribution in [1.82, 2.24) is 0 Å². The third-order valence-corrected chi connectivity index (χ3v) is 4.13. The predicted molar refractivity (Wildman–Crippen MR) is 74.8 cm³/mol. The molecule has 0 saturated carbocycles. The number of hydrogen-bond donors (Lipinski definition) is 1. The van der Waals surface area contributed by atoms with Gasteiger partial charge in [0.1, 0.15) is 11.9 Å². The number of benzene rings is 2. The molecule has 0 aliphatic heterocycles. The van der Waals surface area contributed by atoms with E-state index in [0.29, 0.717) is 16.7 Å². The molecule has 0 spiro atoms. The molecule has 0 radical (unpaired) electrons. The van der Waals surface area contributed by atoms with Gasteiger partial charge in [0.05, 0.1) is 4.90 Å². The highest BCUT2D eigenvalue weighted by Crippen LogP contribution is 2.24. The molecule has 0 heterocycles. The van der Waals surface area contributed by atoms with Crippen LogP contribution >= 0.6 is 0 Å². The third-order valence-electron chi connectivity index (χ3n) is 3.00. The molecule has 0 aliphatic carbocycles. The maximum absolute atomic E-state index is 13.3. The van der Waals surface area contributed by atoms with Gasteiger partial charge in [-0.3, -0.25) is 0 Å². The molecule has 0 amide bonds. The highest BCUT2D eigenvalue weighted by atomic mass is 32.2. The van der Waals surface area contributed by atoms with Gasteiger partial charge in [-0.15, -0.1) is 0 Å². The van der Waals surface area contributed by atoms with E-state index in [-0.39, 0.29) is 4.90 Å². The van der Waals surface area contributed by atoms with Gasteiger partial charge in [-0.25, -0.2) is 12.8 Å². The SMILES string of the molecule is Cc1cc(F)cc(C(O)c2ccc(S(C)(=O)=O)cc2)c1. The number of hydrogen-bond acceptors (Lipinski definition) is 3. The van der Waals surface area contributed by atoms with Gasteiger partial charge >= 0.3 is 0 Å². The fourth-order valence-corrected chi connectivity index (χ4v) is 2.64. The van der Waals surface area contributed by atoms with E-state index in [4.69, 9.17) is 0 Å². The molecule has 0 aliphatic rings.